The zero-order valence-corrected chi connectivity index (χ0v) is 8.48. The molecule has 0 aromatic rings. The van der Waals surface area contributed by atoms with E-state index in [-0.39, 0.29) is 32.7 Å². The van der Waals surface area contributed by atoms with Gasteiger partial charge in [-0.05, 0) is 0 Å². The van der Waals surface area contributed by atoms with Crippen molar-refractivity contribution in [3.8, 4) is 0 Å². The van der Waals surface area contributed by atoms with Crippen LogP contribution < -0.4 is 0 Å². The monoisotopic (exact) mass is 197 g/mol. The summed E-state index contributed by atoms with van der Waals surface area (Å²) < 4.78 is 0. The molecule has 0 aromatic heterocycles. The minimum absolute atomic E-state index is 0. The summed E-state index contributed by atoms with van der Waals surface area (Å²) in [5, 5.41) is 0. The largest absolute Gasteiger partial charge is 0.391 e. The molecule has 0 N–H and O–H groups in total. The molecule has 0 fully saturated rings. The van der Waals surface area contributed by atoms with E-state index in [2.05, 4.69) is 6.08 Å². The zero-order chi connectivity index (χ0) is 6.57. The Morgan fingerprint density at radius 3 is 2.11 bits per heavy atom. The average Bonchev–Trinajstić information content (AvgIpc) is 1.67. The maximum absolute atomic E-state index is 9.72. The maximum atomic E-state index is 9.72. The molecule has 47 valence electrons. The molecule has 9 heavy (non-hydrogen) atoms. The second-order valence-electron chi connectivity index (χ2n) is 1.57. The van der Waals surface area contributed by atoms with Crippen LogP contribution in [0.5, 0.6) is 0 Å². The van der Waals surface area contributed by atoms with Crippen molar-refractivity contribution in [3.05, 3.63) is 23.8 Å². The molecule has 0 saturated heterocycles. The SMILES string of the molecule is [CH-]=C(C)C(C)=[C-]C=O.[Y]. The first-order valence-corrected chi connectivity index (χ1v) is 2.31. The number of hydrogen-bond acceptors (Lipinski definition) is 1. The van der Waals surface area contributed by atoms with Crippen molar-refractivity contribution >= 4 is 6.29 Å². The summed E-state index contributed by atoms with van der Waals surface area (Å²) in [4.78, 5) is 9.72. The Labute approximate surface area is 81.1 Å². The predicted octanol–water partition coefficient (Wildman–Crippen LogP) is 1.31. The third-order valence-electron chi connectivity index (χ3n) is 0.867. The Bertz CT molecular complexity index is 136. The topological polar surface area (TPSA) is 17.1 Å². The fourth-order valence-electron chi connectivity index (χ4n) is 0.202. The molecule has 0 spiro atoms. The minimum Gasteiger partial charge on any atom is -0.391 e. The summed E-state index contributed by atoms with van der Waals surface area (Å²) in [6.45, 7) is 8.75. The molecule has 0 unspecified atom stereocenters. The van der Waals surface area contributed by atoms with Gasteiger partial charge in [-0.3, -0.25) is 0 Å². The third-order valence-corrected chi connectivity index (χ3v) is 0.867. The van der Waals surface area contributed by atoms with Gasteiger partial charge in [-0.25, -0.2) is 0 Å². The van der Waals surface area contributed by atoms with E-state index >= 15 is 0 Å². The molecule has 2 heteroatoms. The van der Waals surface area contributed by atoms with Crippen LogP contribution in [0.2, 0.25) is 0 Å². The molecule has 0 bridgehead atoms. The van der Waals surface area contributed by atoms with E-state index < -0.39 is 0 Å². The van der Waals surface area contributed by atoms with Crippen molar-refractivity contribution in [2.45, 2.75) is 13.8 Å². The number of carbonyl (C=O) groups excluding carboxylic acids is 1. The van der Waals surface area contributed by atoms with Crippen LogP contribution in [-0.2, 0) is 37.5 Å². The Hall–Kier alpha value is 0.254. The molecule has 0 aromatic carbocycles. The van der Waals surface area contributed by atoms with E-state index in [4.69, 9.17) is 6.58 Å². The van der Waals surface area contributed by atoms with Gasteiger partial charge in [-0.15, -0.1) is 13.8 Å². The van der Waals surface area contributed by atoms with Crippen LogP contribution >= 0.6 is 0 Å². The van der Waals surface area contributed by atoms with Crippen molar-refractivity contribution in [2.24, 2.45) is 0 Å². The molecular formula is C7H8OY-2. The van der Waals surface area contributed by atoms with Gasteiger partial charge in [0.2, 0.25) is 0 Å². The van der Waals surface area contributed by atoms with Gasteiger partial charge in [0.05, 0.1) is 0 Å². The van der Waals surface area contributed by atoms with Crippen molar-refractivity contribution in [2.75, 3.05) is 0 Å². The molecule has 0 rings (SSSR count). The number of hydrogen-bond donors (Lipinski definition) is 0. The Balaban J connectivity index is 0. The van der Waals surface area contributed by atoms with Gasteiger partial charge in [0.15, 0.2) is 0 Å². The summed E-state index contributed by atoms with van der Waals surface area (Å²) >= 11 is 0. The summed E-state index contributed by atoms with van der Waals surface area (Å²) in [7, 11) is 0. The molecule has 0 atom stereocenters. The Kier molecular flexibility index (Phi) is 8.49. The first kappa shape index (κ1) is 12.0. The van der Waals surface area contributed by atoms with E-state index in [1.54, 1.807) is 13.8 Å². The quantitative estimate of drug-likeness (QED) is 0.282. The molecule has 1 nitrogen and oxygen atoms in total. The van der Waals surface area contributed by atoms with E-state index in [1.807, 2.05) is 0 Å². The maximum Gasteiger partial charge on any atom is 0.0355 e. The van der Waals surface area contributed by atoms with Crippen molar-refractivity contribution in [1.29, 1.82) is 0 Å². The van der Waals surface area contributed by atoms with Crippen LogP contribution in [0.4, 0.5) is 0 Å². The first-order chi connectivity index (χ1) is 3.68. The van der Waals surface area contributed by atoms with Crippen molar-refractivity contribution < 1.29 is 37.5 Å². The molecule has 0 aliphatic rings. The number of allylic oxidation sites excluding steroid dienone is 3. The fraction of sp³-hybridized carbons (Fsp3) is 0.286. The van der Waals surface area contributed by atoms with Gasteiger partial charge < -0.3 is 28.6 Å². The van der Waals surface area contributed by atoms with Crippen molar-refractivity contribution in [3.63, 3.8) is 0 Å². The smallest absolute Gasteiger partial charge is 0.0355 e. The molecule has 0 aliphatic heterocycles. The minimum atomic E-state index is 0. The first-order valence-electron chi connectivity index (χ1n) is 2.31. The van der Waals surface area contributed by atoms with Gasteiger partial charge in [0, 0.05) is 39.0 Å². The third kappa shape index (κ3) is 6.14. The summed E-state index contributed by atoms with van der Waals surface area (Å²) in [6, 6.07) is 0. The molecular weight excluding hydrogens is 189 g/mol. The van der Waals surface area contributed by atoms with Gasteiger partial charge in [-0.2, -0.15) is 0 Å². The van der Waals surface area contributed by atoms with Gasteiger partial charge in [-0.1, -0.05) is 0 Å². The van der Waals surface area contributed by atoms with Crippen LogP contribution in [0.3, 0.4) is 0 Å². The van der Waals surface area contributed by atoms with E-state index in [0.29, 0.717) is 17.4 Å². The van der Waals surface area contributed by atoms with Crippen LogP contribution in [0.1, 0.15) is 13.8 Å². The van der Waals surface area contributed by atoms with E-state index in [1.165, 1.54) is 0 Å². The number of rotatable bonds is 2. The van der Waals surface area contributed by atoms with Crippen LogP contribution in [0.15, 0.2) is 11.1 Å². The Morgan fingerprint density at radius 2 is 2.00 bits per heavy atom. The fourth-order valence-corrected chi connectivity index (χ4v) is 0.202. The van der Waals surface area contributed by atoms with Crippen LogP contribution in [0.25, 0.3) is 0 Å². The van der Waals surface area contributed by atoms with Gasteiger partial charge >= 0.3 is 0 Å². The van der Waals surface area contributed by atoms with Crippen LogP contribution in [-0.4, -0.2) is 6.29 Å². The second-order valence-corrected chi connectivity index (χ2v) is 1.57. The predicted molar refractivity (Wildman–Crippen MR) is 32.0 cm³/mol. The van der Waals surface area contributed by atoms with Gasteiger partial charge in [0.1, 0.15) is 0 Å². The molecule has 0 saturated carbocycles. The van der Waals surface area contributed by atoms with E-state index in [9.17, 15) is 4.79 Å². The summed E-state index contributed by atoms with van der Waals surface area (Å²) in [5.41, 5.74) is 1.34. The number of carbonyl (C=O) groups is 1. The standard InChI is InChI=1S/C7H8O.Y/c1-6(2)7(3)4-5-8;/h1,5H,2-3H3;/q-2;. The molecule has 1 radical (unpaired) electrons. The van der Waals surface area contributed by atoms with Crippen molar-refractivity contribution in [1.82, 2.24) is 0 Å². The summed E-state index contributed by atoms with van der Waals surface area (Å²) in [6.07, 6.45) is 3.02. The van der Waals surface area contributed by atoms with E-state index in [0.717, 1.165) is 0 Å². The Morgan fingerprint density at radius 1 is 1.56 bits per heavy atom. The summed E-state index contributed by atoms with van der Waals surface area (Å²) in [5.74, 6) is 0. The van der Waals surface area contributed by atoms with Gasteiger partial charge in [0.25, 0.3) is 0 Å². The second kappa shape index (κ2) is 6.38. The molecule has 0 amide bonds. The average molecular weight is 197 g/mol. The zero-order valence-electron chi connectivity index (χ0n) is 5.64. The number of aldehydes is 1. The van der Waals surface area contributed by atoms with Crippen LogP contribution in [0, 0.1) is 12.7 Å². The molecule has 0 heterocycles. The normalized spacial score (nSPS) is 9.78. The molecule has 0 aliphatic carbocycles.